The van der Waals surface area contributed by atoms with Crippen LogP contribution in [0.3, 0.4) is 0 Å². The molecular weight excluding hydrogens is 434 g/mol. The van der Waals surface area contributed by atoms with Gasteiger partial charge in [0.2, 0.25) is 11.8 Å². The Morgan fingerprint density at radius 2 is 1.76 bits per heavy atom. The molecule has 0 spiro atoms. The van der Waals surface area contributed by atoms with Crippen molar-refractivity contribution < 1.29 is 14.4 Å². The van der Waals surface area contributed by atoms with Gasteiger partial charge in [-0.05, 0) is 37.0 Å². The number of hydrogen-bond donors (Lipinski definition) is 2. The maximum atomic E-state index is 13.6. The molecule has 4 atom stereocenters. The first-order chi connectivity index (χ1) is 15.7. The first-order valence-electron chi connectivity index (χ1n) is 11.5. The maximum absolute atomic E-state index is 13.6. The largest absolute Gasteiger partial charge is 0.350 e. The molecule has 1 saturated heterocycles. The average molecular weight is 466 g/mol. The third-order valence-corrected chi connectivity index (χ3v) is 8.18. The Kier molecular flexibility index (Phi) is 6.52. The highest BCUT2D eigenvalue weighted by molar-refractivity contribution is 8.01. The lowest BCUT2D eigenvalue weighted by atomic mass is 9.95. The van der Waals surface area contributed by atoms with E-state index in [0.717, 1.165) is 17.5 Å². The Morgan fingerprint density at radius 3 is 2.45 bits per heavy atom. The fourth-order valence-electron chi connectivity index (χ4n) is 4.63. The molecule has 2 N–H and O–H groups in total. The number of rotatable bonds is 7. The molecule has 0 saturated carbocycles. The fraction of sp³-hybridized carbons (Fsp3) is 0.423. The molecular formula is C26H31N3O3S. The second-order valence-electron chi connectivity index (χ2n) is 9.35. The standard InChI is InChI=1S/C26H31N3O3S/c1-5-16(2)20(22(30)27-15-17-11-7-6-8-12-17)28-23(31)21-26(3,4)33-25-19-14-10-9-13-18(19)24(32)29(21)25/h6-14,16,20-21,25H,5,15H2,1-4H3,(H,27,30)(H,28,31)/t16-,20-,21+,25-/m0/s1. The molecule has 4 rings (SSSR count). The Bertz CT molecular complexity index is 1060. The zero-order chi connectivity index (χ0) is 23.8. The SMILES string of the molecule is CC[C@H](C)[C@H](NC(=O)[C@H]1N2C(=O)c3ccccc3[C@@H]2SC1(C)C)C(=O)NCc1ccccc1. The smallest absolute Gasteiger partial charge is 0.256 e. The molecule has 0 aliphatic carbocycles. The van der Waals surface area contributed by atoms with Gasteiger partial charge in [0.15, 0.2) is 0 Å². The van der Waals surface area contributed by atoms with Crippen LogP contribution in [0, 0.1) is 5.92 Å². The molecule has 0 bridgehead atoms. The second kappa shape index (κ2) is 9.21. The molecule has 174 valence electrons. The van der Waals surface area contributed by atoms with E-state index in [1.165, 1.54) is 0 Å². The van der Waals surface area contributed by atoms with Gasteiger partial charge in [0.25, 0.3) is 5.91 Å². The Morgan fingerprint density at radius 1 is 1.09 bits per heavy atom. The van der Waals surface area contributed by atoms with Gasteiger partial charge < -0.3 is 15.5 Å². The van der Waals surface area contributed by atoms with Gasteiger partial charge in [-0.25, -0.2) is 0 Å². The van der Waals surface area contributed by atoms with Gasteiger partial charge in [0.1, 0.15) is 17.5 Å². The average Bonchev–Trinajstić information content (AvgIpc) is 3.24. The highest BCUT2D eigenvalue weighted by Gasteiger charge is 2.57. The van der Waals surface area contributed by atoms with Crippen molar-refractivity contribution in [2.75, 3.05) is 0 Å². The number of nitrogens with one attached hydrogen (secondary N) is 2. The first-order valence-corrected chi connectivity index (χ1v) is 12.3. The molecule has 33 heavy (non-hydrogen) atoms. The molecule has 0 unspecified atom stereocenters. The summed E-state index contributed by atoms with van der Waals surface area (Å²) >= 11 is 1.62. The molecule has 2 aliphatic rings. The Balaban J connectivity index is 1.53. The van der Waals surface area contributed by atoms with Crippen molar-refractivity contribution >= 4 is 29.5 Å². The predicted octanol–water partition coefficient (Wildman–Crippen LogP) is 3.88. The van der Waals surface area contributed by atoms with E-state index in [2.05, 4.69) is 10.6 Å². The molecule has 2 heterocycles. The van der Waals surface area contributed by atoms with Gasteiger partial charge in [-0.2, -0.15) is 0 Å². The molecule has 2 aromatic rings. The monoisotopic (exact) mass is 465 g/mol. The van der Waals surface area contributed by atoms with Gasteiger partial charge in [-0.15, -0.1) is 11.8 Å². The minimum absolute atomic E-state index is 0.0517. The number of benzene rings is 2. The molecule has 3 amide bonds. The maximum Gasteiger partial charge on any atom is 0.256 e. The van der Waals surface area contributed by atoms with Crippen LogP contribution in [0.15, 0.2) is 54.6 Å². The summed E-state index contributed by atoms with van der Waals surface area (Å²) in [5, 5.41) is 5.78. The van der Waals surface area contributed by atoms with E-state index < -0.39 is 16.8 Å². The van der Waals surface area contributed by atoms with Crippen molar-refractivity contribution in [3.63, 3.8) is 0 Å². The third-order valence-electron chi connectivity index (χ3n) is 6.65. The van der Waals surface area contributed by atoms with E-state index >= 15 is 0 Å². The summed E-state index contributed by atoms with van der Waals surface area (Å²) in [6.07, 6.45) is 0.739. The predicted molar refractivity (Wildman–Crippen MR) is 130 cm³/mol. The Hall–Kier alpha value is -2.80. The molecule has 1 fully saturated rings. The minimum atomic E-state index is -0.675. The summed E-state index contributed by atoms with van der Waals surface area (Å²) < 4.78 is -0.488. The van der Waals surface area contributed by atoms with Crippen molar-refractivity contribution in [2.24, 2.45) is 5.92 Å². The summed E-state index contributed by atoms with van der Waals surface area (Å²) in [6.45, 7) is 8.34. The second-order valence-corrected chi connectivity index (χ2v) is 11.1. The van der Waals surface area contributed by atoms with E-state index in [-0.39, 0.29) is 29.0 Å². The molecule has 0 radical (unpaired) electrons. The summed E-state index contributed by atoms with van der Waals surface area (Å²) in [4.78, 5) is 41.6. The van der Waals surface area contributed by atoms with Crippen LogP contribution in [-0.4, -0.2) is 39.5 Å². The number of amides is 3. The first kappa shape index (κ1) is 23.4. The van der Waals surface area contributed by atoms with Gasteiger partial charge >= 0.3 is 0 Å². The van der Waals surface area contributed by atoms with Crippen LogP contribution in [0.1, 0.15) is 61.0 Å². The molecule has 2 aliphatic heterocycles. The van der Waals surface area contributed by atoms with E-state index in [1.54, 1.807) is 16.7 Å². The highest BCUT2D eigenvalue weighted by Crippen LogP contribution is 2.56. The number of nitrogens with zero attached hydrogens (tertiary/aromatic N) is 1. The summed E-state index contributed by atoms with van der Waals surface area (Å²) in [5.74, 6) is -0.666. The van der Waals surface area contributed by atoms with Crippen LogP contribution >= 0.6 is 11.8 Å². The van der Waals surface area contributed by atoms with E-state index in [9.17, 15) is 14.4 Å². The highest BCUT2D eigenvalue weighted by atomic mass is 32.2. The number of carbonyl (C=O) groups is 3. The lowest BCUT2D eigenvalue weighted by Crippen LogP contribution is -2.58. The third kappa shape index (κ3) is 4.38. The number of fused-ring (bicyclic) bond motifs is 3. The zero-order valence-corrected chi connectivity index (χ0v) is 20.3. The van der Waals surface area contributed by atoms with Crippen LogP contribution in [0.25, 0.3) is 0 Å². The van der Waals surface area contributed by atoms with E-state index in [1.807, 2.05) is 82.3 Å². The van der Waals surface area contributed by atoms with E-state index in [4.69, 9.17) is 0 Å². The van der Waals surface area contributed by atoms with Gasteiger partial charge in [-0.3, -0.25) is 14.4 Å². The lowest BCUT2D eigenvalue weighted by Gasteiger charge is -2.32. The van der Waals surface area contributed by atoms with E-state index in [0.29, 0.717) is 12.1 Å². The van der Waals surface area contributed by atoms with Crippen LogP contribution in [0.5, 0.6) is 0 Å². The molecule has 7 heteroatoms. The van der Waals surface area contributed by atoms with Crippen LogP contribution in [-0.2, 0) is 16.1 Å². The van der Waals surface area contributed by atoms with Crippen molar-refractivity contribution in [3.8, 4) is 0 Å². The Labute approximate surface area is 199 Å². The number of thioether (sulfide) groups is 1. The molecule has 0 aromatic heterocycles. The van der Waals surface area contributed by atoms with Crippen LogP contribution < -0.4 is 10.6 Å². The topological polar surface area (TPSA) is 78.5 Å². The van der Waals surface area contributed by atoms with Crippen molar-refractivity contribution in [1.29, 1.82) is 0 Å². The van der Waals surface area contributed by atoms with Crippen LogP contribution in [0.2, 0.25) is 0 Å². The zero-order valence-electron chi connectivity index (χ0n) is 19.5. The summed E-state index contributed by atoms with van der Waals surface area (Å²) in [6, 6.07) is 15.9. The van der Waals surface area contributed by atoms with Crippen molar-refractivity contribution in [3.05, 3.63) is 71.3 Å². The van der Waals surface area contributed by atoms with Crippen LogP contribution in [0.4, 0.5) is 0 Å². The molecule has 6 nitrogen and oxygen atoms in total. The molecule has 2 aromatic carbocycles. The minimum Gasteiger partial charge on any atom is -0.350 e. The van der Waals surface area contributed by atoms with Crippen molar-refractivity contribution in [2.45, 2.75) is 62.9 Å². The van der Waals surface area contributed by atoms with Gasteiger partial charge in [0, 0.05) is 16.9 Å². The summed E-state index contributed by atoms with van der Waals surface area (Å²) in [5.41, 5.74) is 2.61. The summed E-state index contributed by atoms with van der Waals surface area (Å²) in [7, 11) is 0. The fourth-order valence-corrected chi connectivity index (χ4v) is 6.22. The van der Waals surface area contributed by atoms with Gasteiger partial charge in [0.05, 0.1) is 0 Å². The van der Waals surface area contributed by atoms with Crippen molar-refractivity contribution in [1.82, 2.24) is 15.5 Å². The number of carbonyl (C=O) groups excluding carboxylic acids is 3. The lowest BCUT2D eigenvalue weighted by molar-refractivity contribution is -0.133. The quantitative estimate of drug-likeness (QED) is 0.651. The van der Waals surface area contributed by atoms with Gasteiger partial charge in [-0.1, -0.05) is 68.8 Å². The normalized spacial score (nSPS) is 22.3. The number of hydrogen-bond acceptors (Lipinski definition) is 4.